The number of halogens is 1. The van der Waals surface area contributed by atoms with Crippen LogP contribution in [0, 0.1) is 11.8 Å². The Bertz CT molecular complexity index is 603. The summed E-state index contributed by atoms with van der Waals surface area (Å²) in [4.78, 5) is 6.03. The third kappa shape index (κ3) is 7.69. The van der Waals surface area contributed by atoms with Gasteiger partial charge in [-0.2, -0.15) is 0 Å². The third-order valence-corrected chi connectivity index (χ3v) is 6.66. The second-order valence-electron chi connectivity index (χ2n) is 6.26. The number of aliphatic imine (C=N–C) groups is 1. The Morgan fingerprint density at radius 3 is 2.83 bits per heavy atom. The van der Waals surface area contributed by atoms with Crippen LogP contribution in [0.4, 0.5) is 0 Å². The number of hydrogen-bond donors (Lipinski definition) is 2. The fourth-order valence-electron chi connectivity index (χ4n) is 2.70. The van der Waals surface area contributed by atoms with Gasteiger partial charge in [-0.3, -0.25) is 4.99 Å². The van der Waals surface area contributed by atoms with Crippen molar-refractivity contribution in [2.45, 2.75) is 26.7 Å². The summed E-state index contributed by atoms with van der Waals surface area (Å²) in [6.45, 7) is 6.47. The molecule has 1 fully saturated rings. The van der Waals surface area contributed by atoms with Gasteiger partial charge in [-0.15, -0.1) is 35.3 Å². The molecule has 1 saturated heterocycles. The molecule has 0 spiro atoms. The third-order valence-electron chi connectivity index (χ3n) is 3.92. The molecule has 5 nitrogen and oxygen atoms in total. The molecule has 2 rings (SSSR count). The standard InChI is InChI=1S/C16H27N3O2S2.HI/c1-3-17-16(19-11-14-6-8-23(20,21)12-14)18-10-13(2)9-15-5-4-7-22-15;/h4-5,7,13-14H,3,6,8-12H2,1-2H3,(H2,17,18,19);1H. The summed E-state index contributed by atoms with van der Waals surface area (Å²) in [5, 5.41) is 8.63. The second kappa shape index (κ2) is 10.6. The van der Waals surface area contributed by atoms with Crippen molar-refractivity contribution in [2.24, 2.45) is 16.8 Å². The summed E-state index contributed by atoms with van der Waals surface area (Å²) in [7, 11) is -2.81. The Hall–Kier alpha value is -0.350. The van der Waals surface area contributed by atoms with Gasteiger partial charge in [0.15, 0.2) is 15.8 Å². The lowest BCUT2D eigenvalue weighted by atomic mass is 10.1. The number of sulfone groups is 1. The molecule has 24 heavy (non-hydrogen) atoms. The summed E-state index contributed by atoms with van der Waals surface area (Å²) < 4.78 is 23.0. The highest BCUT2D eigenvalue weighted by atomic mass is 127. The smallest absolute Gasteiger partial charge is 0.191 e. The zero-order valence-corrected chi connectivity index (χ0v) is 18.3. The summed E-state index contributed by atoms with van der Waals surface area (Å²) in [6.07, 6.45) is 1.80. The zero-order valence-electron chi connectivity index (χ0n) is 14.3. The van der Waals surface area contributed by atoms with Gasteiger partial charge >= 0.3 is 0 Å². The van der Waals surface area contributed by atoms with E-state index in [2.05, 4.69) is 40.1 Å². The van der Waals surface area contributed by atoms with Crippen molar-refractivity contribution in [3.05, 3.63) is 22.4 Å². The molecule has 1 aromatic heterocycles. The number of rotatable bonds is 7. The molecule has 1 aliphatic rings. The van der Waals surface area contributed by atoms with E-state index in [9.17, 15) is 8.42 Å². The maximum Gasteiger partial charge on any atom is 0.191 e. The maximum absolute atomic E-state index is 11.5. The Labute approximate surface area is 166 Å². The summed E-state index contributed by atoms with van der Waals surface area (Å²) in [6, 6.07) is 4.24. The van der Waals surface area contributed by atoms with E-state index in [-0.39, 0.29) is 29.9 Å². The number of hydrogen-bond acceptors (Lipinski definition) is 4. The van der Waals surface area contributed by atoms with E-state index >= 15 is 0 Å². The van der Waals surface area contributed by atoms with Crippen LogP contribution >= 0.6 is 35.3 Å². The number of nitrogens with zero attached hydrogens (tertiary/aromatic N) is 1. The Morgan fingerprint density at radius 1 is 1.46 bits per heavy atom. The minimum absolute atomic E-state index is 0. The normalized spacial score (nSPS) is 21.1. The largest absolute Gasteiger partial charge is 0.357 e. The highest BCUT2D eigenvalue weighted by Gasteiger charge is 2.27. The molecule has 2 N–H and O–H groups in total. The minimum atomic E-state index is -2.81. The molecule has 138 valence electrons. The Balaban J connectivity index is 0.00000288. The highest BCUT2D eigenvalue weighted by molar-refractivity contribution is 14.0. The lowest BCUT2D eigenvalue weighted by molar-refractivity contribution is 0.561. The SMILES string of the molecule is CCNC(=NCC(C)Cc1cccs1)NCC1CCS(=O)(=O)C1.I. The van der Waals surface area contributed by atoms with Gasteiger partial charge in [-0.1, -0.05) is 13.0 Å². The quantitative estimate of drug-likeness (QED) is 0.354. The van der Waals surface area contributed by atoms with Crippen LogP contribution in [0.15, 0.2) is 22.5 Å². The molecule has 8 heteroatoms. The van der Waals surface area contributed by atoms with Gasteiger partial charge in [0.25, 0.3) is 0 Å². The van der Waals surface area contributed by atoms with Gasteiger partial charge in [0, 0.05) is 24.5 Å². The molecule has 2 unspecified atom stereocenters. The van der Waals surface area contributed by atoms with Gasteiger partial charge in [-0.05, 0) is 43.0 Å². The predicted molar refractivity (Wildman–Crippen MR) is 113 cm³/mol. The first-order valence-corrected chi connectivity index (χ1v) is 10.9. The number of thiophene rings is 1. The number of nitrogens with one attached hydrogen (secondary N) is 2. The molecule has 2 heterocycles. The summed E-state index contributed by atoms with van der Waals surface area (Å²) in [5.41, 5.74) is 0. The average molecular weight is 485 g/mol. The van der Waals surface area contributed by atoms with Gasteiger partial charge < -0.3 is 10.6 Å². The van der Waals surface area contributed by atoms with Gasteiger partial charge in [0.1, 0.15) is 0 Å². The van der Waals surface area contributed by atoms with Crippen LogP contribution in [0.1, 0.15) is 25.1 Å². The van der Waals surface area contributed by atoms with Crippen LogP contribution in [-0.2, 0) is 16.3 Å². The van der Waals surface area contributed by atoms with E-state index < -0.39 is 9.84 Å². The van der Waals surface area contributed by atoms with Crippen LogP contribution in [-0.4, -0.2) is 45.5 Å². The van der Waals surface area contributed by atoms with Crippen molar-refractivity contribution in [3.63, 3.8) is 0 Å². The molecule has 0 amide bonds. The first kappa shape index (κ1) is 21.7. The molecule has 2 atom stereocenters. The first-order chi connectivity index (χ1) is 11.0. The minimum Gasteiger partial charge on any atom is -0.357 e. The Kier molecular flexibility index (Phi) is 9.58. The van der Waals surface area contributed by atoms with Crippen LogP contribution in [0.5, 0.6) is 0 Å². The van der Waals surface area contributed by atoms with Gasteiger partial charge in [-0.25, -0.2) is 8.42 Å². The fourth-order valence-corrected chi connectivity index (χ4v) is 5.43. The van der Waals surface area contributed by atoms with E-state index in [1.165, 1.54) is 4.88 Å². The fraction of sp³-hybridized carbons (Fsp3) is 0.688. The lowest BCUT2D eigenvalue weighted by Gasteiger charge is -2.15. The van der Waals surface area contributed by atoms with E-state index in [4.69, 9.17) is 0 Å². The average Bonchev–Trinajstić information content (AvgIpc) is 3.11. The molecule has 1 aliphatic heterocycles. The van der Waals surface area contributed by atoms with Crippen LogP contribution in [0.2, 0.25) is 0 Å². The maximum atomic E-state index is 11.5. The predicted octanol–water partition coefficient (Wildman–Crippen LogP) is 2.53. The molecule has 1 aromatic rings. The van der Waals surface area contributed by atoms with E-state index in [0.29, 0.717) is 24.0 Å². The lowest BCUT2D eigenvalue weighted by Crippen LogP contribution is -2.40. The van der Waals surface area contributed by atoms with Crippen LogP contribution in [0.25, 0.3) is 0 Å². The van der Waals surface area contributed by atoms with Gasteiger partial charge in [0.05, 0.1) is 11.5 Å². The summed E-state index contributed by atoms with van der Waals surface area (Å²) >= 11 is 1.79. The topological polar surface area (TPSA) is 70.6 Å². The monoisotopic (exact) mass is 485 g/mol. The first-order valence-electron chi connectivity index (χ1n) is 8.23. The van der Waals surface area contributed by atoms with Crippen LogP contribution < -0.4 is 10.6 Å². The highest BCUT2D eigenvalue weighted by Crippen LogP contribution is 2.17. The van der Waals surface area contributed by atoms with E-state index in [1.807, 2.05) is 6.92 Å². The number of guanidine groups is 1. The van der Waals surface area contributed by atoms with Crippen LogP contribution in [0.3, 0.4) is 0 Å². The van der Waals surface area contributed by atoms with Crippen molar-refractivity contribution in [1.82, 2.24) is 10.6 Å². The van der Waals surface area contributed by atoms with E-state index in [1.54, 1.807) is 11.3 Å². The molecule has 0 saturated carbocycles. The second-order valence-corrected chi connectivity index (χ2v) is 9.52. The molecule has 0 aromatic carbocycles. The van der Waals surface area contributed by atoms with Crippen molar-refractivity contribution < 1.29 is 8.42 Å². The van der Waals surface area contributed by atoms with Crippen molar-refractivity contribution in [1.29, 1.82) is 0 Å². The van der Waals surface area contributed by atoms with E-state index in [0.717, 1.165) is 31.9 Å². The van der Waals surface area contributed by atoms with Crippen molar-refractivity contribution in [3.8, 4) is 0 Å². The molecular weight excluding hydrogens is 457 g/mol. The summed E-state index contributed by atoms with van der Waals surface area (Å²) in [5.74, 6) is 2.09. The molecule has 0 bridgehead atoms. The Morgan fingerprint density at radius 2 is 2.25 bits per heavy atom. The molecular formula is C16H28IN3O2S2. The zero-order chi connectivity index (χ0) is 16.7. The molecule has 0 aliphatic carbocycles. The van der Waals surface area contributed by atoms with Gasteiger partial charge in [0.2, 0.25) is 0 Å². The van der Waals surface area contributed by atoms with Crippen molar-refractivity contribution in [2.75, 3.05) is 31.1 Å². The molecule has 0 radical (unpaired) electrons. The van der Waals surface area contributed by atoms with Crippen molar-refractivity contribution >= 4 is 51.1 Å².